The number of benzene rings is 1. The number of ether oxygens (including phenoxy) is 1. The predicted octanol–water partition coefficient (Wildman–Crippen LogP) is 3.13. The zero-order chi connectivity index (χ0) is 19.5. The first kappa shape index (κ1) is 18.6. The van der Waals surface area contributed by atoms with Crippen molar-refractivity contribution in [3.8, 4) is 11.7 Å². The third-order valence-corrected chi connectivity index (χ3v) is 5.26. The van der Waals surface area contributed by atoms with E-state index in [2.05, 4.69) is 5.32 Å². The lowest BCUT2D eigenvalue weighted by atomic mass is 9.85. The summed E-state index contributed by atoms with van der Waals surface area (Å²) in [7, 11) is 0. The maximum Gasteiger partial charge on any atom is 0.317 e. The number of carboxylic acid groups (broad SMARTS) is 1. The summed E-state index contributed by atoms with van der Waals surface area (Å²) in [5.41, 5.74) is 0. The third-order valence-electron chi connectivity index (χ3n) is 5.26. The van der Waals surface area contributed by atoms with Gasteiger partial charge in [-0.15, -0.1) is 0 Å². The lowest BCUT2D eigenvalue weighted by Crippen LogP contribution is -2.55. The standard InChI is InChI=1S/C21H24N2O5/c24-19(25)13-23(12-14-6-7-14)16-10-15(11-16)22-21(26)18-8-9-20(28-18)27-17-4-2-1-3-5-17/h1-5,8-9,14-16H,6-7,10-13H2,(H,22,26)(H,24,25). The molecular formula is C21H24N2O5. The van der Waals surface area contributed by atoms with E-state index in [1.165, 1.54) is 12.8 Å². The van der Waals surface area contributed by atoms with Crippen molar-refractivity contribution in [2.24, 2.45) is 5.92 Å². The molecule has 148 valence electrons. The molecule has 1 heterocycles. The zero-order valence-electron chi connectivity index (χ0n) is 15.5. The Kier molecular flexibility index (Phi) is 5.34. The van der Waals surface area contributed by atoms with Crippen molar-refractivity contribution in [3.63, 3.8) is 0 Å². The Hall–Kier alpha value is -2.80. The van der Waals surface area contributed by atoms with E-state index in [0.29, 0.717) is 11.7 Å². The average Bonchev–Trinajstić information content (AvgIpc) is 3.33. The van der Waals surface area contributed by atoms with Gasteiger partial charge in [-0.25, -0.2) is 0 Å². The number of para-hydroxylation sites is 1. The number of carbonyl (C=O) groups excluding carboxylic acids is 1. The second kappa shape index (κ2) is 8.06. The zero-order valence-corrected chi connectivity index (χ0v) is 15.5. The highest BCUT2D eigenvalue weighted by Crippen LogP contribution is 2.34. The Labute approximate surface area is 163 Å². The molecule has 2 saturated carbocycles. The quantitative estimate of drug-likeness (QED) is 0.690. The first-order valence-electron chi connectivity index (χ1n) is 9.66. The van der Waals surface area contributed by atoms with Gasteiger partial charge in [-0.3, -0.25) is 14.5 Å². The van der Waals surface area contributed by atoms with Crippen LogP contribution < -0.4 is 10.1 Å². The summed E-state index contributed by atoms with van der Waals surface area (Å²) in [5, 5.41) is 12.1. The van der Waals surface area contributed by atoms with Crippen LogP contribution in [-0.4, -0.2) is 47.1 Å². The minimum absolute atomic E-state index is 0.0385. The largest absolute Gasteiger partial charge is 0.480 e. The molecule has 1 aromatic carbocycles. The number of aliphatic carboxylic acids is 1. The van der Waals surface area contributed by atoms with Gasteiger partial charge in [0, 0.05) is 24.7 Å². The van der Waals surface area contributed by atoms with E-state index < -0.39 is 5.97 Å². The fourth-order valence-corrected chi connectivity index (χ4v) is 3.51. The van der Waals surface area contributed by atoms with Crippen LogP contribution >= 0.6 is 0 Å². The molecule has 2 aliphatic rings. The number of furan rings is 1. The predicted molar refractivity (Wildman–Crippen MR) is 101 cm³/mol. The minimum atomic E-state index is -0.797. The second-order valence-electron chi connectivity index (χ2n) is 7.60. The van der Waals surface area contributed by atoms with Gasteiger partial charge in [-0.05, 0) is 49.8 Å². The molecule has 2 aromatic rings. The summed E-state index contributed by atoms with van der Waals surface area (Å²) in [6.07, 6.45) is 3.91. The monoisotopic (exact) mass is 384 g/mol. The molecule has 2 aliphatic carbocycles. The van der Waals surface area contributed by atoms with Crippen LogP contribution in [-0.2, 0) is 4.79 Å². The van der Waals surface area contributed by atoms with Gasteiger partial charge >= 0.3 is 5.97 Å². The van der Waals surface area contributed by atoms with Gasteiger partial charge in [0.15, 0.2) is 5.76 Å². The van der Waals surface area contributed by atoms with Gasteiger partial charge in [0.25, 0.3) is 11.9 Å². The number of carbonyl (C=O) groups is 2. The van der Waals surface area contributed by atoms with E-state index in [1.54, 1.807) is 24.3 Å². The van der Waals surface area contributed by atoms with Crippen molar-refractivity contribution < 1.29 is 23.8 Å². The number of rotatable bonds is 9. The number of hydrogen-bond donors (Lipinski definition) is 2. The van der Waals surface area contributed by atoms with E-state index in [9.17, 15) is 9.59 Å². The molecule has 0 bridgehead atoms. The second-order valence-corrected chi connectivity index (χ2v) is 7.60. The van der Waals surface area contributed by atoms with E-state index in [4.69, 9.17) is 14.3 Å². The van der Waals surface area contributed by atoms with Crippen LogP contribution in [0.2, 0.25) is 0 Å². The summed E-state index contributed by atoms with van der Waals surface area (Å²) in [6.45, 7) is 0.913. The van der Waals surface area contributed by atoms with E-state index >= 15 is 0 Å². The molecule has 2 N–H and O–H groups in total. The number of hydrogen-bond acceptors (Lipinski definition) is 5. The van der Waals surface area contributed by atoms with Crippen LogP contribution in [0.5, 0.6) is 11.7 Å². The van der Waals surface area contributed by atoms with Gasteiger partial charge in [0.05, 0.1) is 6.54 Å². The lowest BCUT2D eigenvalue weighted by molar-refractivity contribution is -0.139. The fourth-order valence-electron chi connectivity index (χ4n) is 3.51. The Morgan fingerprint density at radius 1 is 1.14 bits per heavy atom. The van der Waals surface area contributed by atoms with Crippen molar-refractivity contribution in [1.29, 1.82) is 0 Å². The van der Waals surface area contributed by atoms with Crippen LogP contribution in [0.25, 0.3) is 0 Å². The first-order chi connectivity index (χ1) is 13.6. The maximum atomic E-state index is 12.4. The van der Waals surface area contributed by atoms with Crippen molar-refractivity contribution in [2.45, 2.75) is 37.8 Å². The van der Waals surface area contributed by atoms with Gasteiger partial charge in [-0.1, -0.05) is 18.2 Å². The van der Waals surface area contributed by atoms with Crippen LogP contribution in [0.3, 0.4) is 0 Å². The number of nitrogens with one attached hydrogen (secondary N) is 1. The summed E-state index contributed by atoms with van der Waals surface area (Å²) in [6, 6.07) is 12.7. The van der Waals surface area contributed by atoms with Crippen molar-refractivity contribution >= 4 is 11.9 Å². The Balaban J connectivity index is 1.26. The highest BCUT2D eigenvalue weighted by atomic mass is 16.6. The van der Waals surface area contributed by atoms with E-state index in [1.807, 2.05) is 23.1 Å². The van der Waals surface area contributed by atoms with Crippen LogP contribution in [0, 0.1) is 5.92 Å². The summed E-state index contributed by atoms with van der Waals surface area (Å²) in [4.78, 5) is 25.5. The molecule has 0 aliphatic heterocycles. The van der Waals surface area contributed by atoms with Crippen LogP contribution in [0.4, 0.5) is 0 Å². The lowest BCUT2D eigenvalue weighted by Gasteiger charge is -2.42. The molecule has 28 heavy (non-hydrogen) atoms. The molecule has 0 saturated heterocycles. The third kappa shape index (κ3) is 4.72. The highest BCUT2D eigenvalue weighted by Gasteiger charge is 2.38. The SMILES string of the molecule is O=C(O)CN(CC1CC1)C1CC(NC(=O)c2ccc(Oc3ccccc3)o2)C1. The minimum Gasteiger partial charge on any atom is -0.480 e. The molecule has 7 nitrogen and oxygen atoms in total. The smallest absolute Gasteiger partial charge is 0.317 e. The van der Waals surface area contributed by atoms with Gasteiger partial charge in [0.2, 0.25) is 0 Å². The topological polar surface area (TPSA) is 92.0 Å². The maximum absolute atomic E-state index is 12.4. The van der Waals surface area contributed by atoms with Gasteiger partial charge in [0.1, 0.15) is 5.75 Å². The Morgan fingerprint density at radius 2 is 1.89 bits per heavy atom. The molecule has 7 heteroatoms. The molecule has 4 rings (SSSR count). The normalized spacial score (nSPS) is 21.2. The highest BCUT2D eigenvalue weighted by molar-refractivity contribution is 5.91. The molecule has 0 atom stereocenters. The molecule has 0 unspecified atom stereocenters. The Morgan fingerprint density at radius 3 is 2.57 bits per heavy atom. The first-order valence-corrected chi connectivity index (χ1v) is 9.66. The van der Waals surface area contributed by atoms with Crippen molar-refractivity contribution in [1.82, 2.24) is 10.2 Å². The molecule has 0 spiro atoms. The molecule has 1 amide bonds. The van der Waals surface area contributed by atoms with E-state index in [-0.39, 0.29) is 36.2 Å². The molecule has 2 fully saturated rings. The van der Waals surface area contributed by atoms with Crippen molar-refractivity contribution in [3.05, 3.63) is 48.2 Å². The molecule has 0 radical (unpaired) electrons. The number of amides is 1. The number of nitrogens with zero attached hydrogens (tertiary/aromatic N) is 1. The molecule has 1 aromatic heterocycles. The summed E-state index contributed by atoms with van der Waals surface area (Å²) < 4.78 is 11.1. The summed E-state index contributed by atoms with van der Waals surface area (Å²) in [5.74, 6) is 0.668. The fraction of sp³-hybridized carbons (Fsp3) is 0.429. The van der Waals surface area contributed by atoms with Crippen LogP contribution in [0.1, 0.15) is 36.2 Å². The van der Waals surface area contributed by atoms with Crippen molar-refractivity contribution in [2.75, 3.05) is 13.1 Å². The van der Waals surface area contributed by atoms with Crippen LogP contribution in [0.15, 0.2) is 46.9 Å². The Bertz CT molecular complexity index is 824. The van der Waals surface area contributed by atoms with E-state index in [0.717, 1.165) is 19.4 Å². The average molecular weight is 384 g/mol. The number of carboxylic acids is 1. The van der Waals surface area contributed by atoms with Gasteiger partial charge < -0.3 is 19.6 Å². The molecular weight excluding hydrogens is 360 g/mol. The summed E-state index contributed by atoms with van der Waals surface area (Å²) >= 11 is 0. The van der Waals surface area contributed by atoms with Gasteiger partial charge in [-0.2, -0.15) is 0 Å².